The van der Waals surface area contributed by atoms with Crippen molar-refractivity contribution < 1.29 is 14.3 Å². The van der Waals surface area contributed by atoms with Crippen molar-refractivity contribution in [3.63, 3.8) is 0 Å². The van der Waals surface area contributed by atoms with Crippen LogP contribution >= 0.6 is 11.6 Å². The molecular weight excluding hydrogens is 282 g/mol. The minimum absolute atomic E-state index is 0.112. The predicted octanol–water partition coefficient (Wildman–Crippen LogP) is 2.36. The van der Waals surface area contributed by atoms with E-state index in [4.69, 9.17) is 21.1 Å². The predicted molar refractivity (Wildman–Crippen MR) is 73.5 cm³/mol. The second-order valence-corrected chi connectivity index (χ2v) is 4.85. The molecule has 0 bridgehead atoms. The van der Waals surface area contributed by atoms with Crippen LogP contribution in [0.2, 0.25) is 5.02 Å². The summed E-state index contributed by atoms with van der Waals surface area (Å²) in [4.78, 5) is 12.2. The molecule has 1 N–H and O–H groups in total. The highest BCUT2D eigenvalue weighted by molar-refractivity contribution is 6.32. The number of fused-ring (bicyclic) bond motifs is 1. The number of aryl methyl sites for hydroxylation is 2. The number of amides is 1. The molecule has 1 amide bonds. The first-order chi connectivity index (χ1) is 9.54. The van der Waals surface area contributed by atoms with Crippen LogP contribution in [0.3, 0.4) is 0 Å². The Kier molecular flexibility index (Phi) is 3.02. The molecule has 3 rings (SSSR count). The number of hydrogen-bond donors (Lipinski definition) is 1. The summed E-state index contributed by atoms with van der Waals surface area (Å²) in [5.74, 6) is 1.28. The molecule has 1 aliphatic heterocycles. The lowest BCUT2D eigenvalue weighted by Gasteiger charge is -2.07. The summed E-state index contributed by atoms with van der Waals surface area (Å²) in [5, 5.41) is 7.29. The molecular formula is C13H12ClN3O3. The lowest BCUT2D eigenvalue weighted by Crippen LogP contribution is -2.14. The molecule has 0 unspecified atom stereocenters. The van der Waals surface area contributed by atoms with E-state index in [1.165, 1.54) is 0 Å². The maximum atomic E-state index is 12.2. The van der Waals surface area contributed by atoms with Crippen molar-refractivity contribution in [3.8, 4) is 11.5 Å². The summed E-state index contributed by atoms with van der Waals surface area (Å²) in [6.07, 6.45) is 0. The molecule has 0 atom stereocenters. The molecule has 1 aromatic carbocycles. The lowest BCUT2D eigenvalue weighted by atomic mass is 10.2. The third kappa shape index (κ3) is 2.18. The molecule has 0 spiro atoms. The molecule has 0 radical (unpaired) electrons. The third-order valence-corrected chi connectivity index (χ3v) is 3.21. The van der Waals surface area contributed by atoms with Gasteiger partial charge in [-0.15, -0.1) is 0 Å². The second-order valence-electron chi connectivity index (χ2n) is 4.44. The van der Waals surface area contributed by atoms with Crippen molar-refractivity contribution >= 4 is 23.3 Å². The van der Waals surface area contributed by atoms with Gasteiger partial charge < -0.3 is 14.8 Å². The van der Waals surface area contributed by atoms with Crippen LogP contribution in [0.15, 0.2) is 18.2 Å². The smallest absolute Gasteiger partial charge is 0.257 e. The fraction of sp³-hybridized carbons (Fsp3) is 0.231. The van der Waals surface area contributed by atoms with Crippen LogP contribution < -0.4 is 14.8 Å². The number of benzene rings is 1. The third-order valence-electron chi connectivity index (χ3n) is 2.93. The van der Waals surface area contributed by atoms with Gasteiger partial charge in [-0.05, 0) is 19.1 Å². The van der Waals surface area contributed by atoms with E-state index in [0.29, 0.717) is 27.9 Å². The molecule has 20 heavy (non-hydrogen) atoms. The van der Waals surface area contributed by atoms with Gasteiger partial charge in [-0.1, -0.05) is 11.6 Å². The fourth-order valence-corrected chi connectivity index (χ4v) is 2.28. The Balaban J connectivity index is 1.88. The number of halogens is 1. The van der Waals surface area contributed by atoms with Gasteiger partial charge in [-0.2, -0.15) is 5.10 Å². The van der Waals surface area contributed by atoms with Crippen molar-refractivity contribution in [3.05, 3.63) is 34.5 Å². The highest BCUT2D eigenvalue weighted by atomic mass is 35.5. The van der Waals surface area contributed by atoms with E-state index in [1.807, 2.05) is 6.92 Å². The molecule has 6 nitrogen and oxygen atoms in total. The molecule has 0 saturated carbocycles. The fourth-order valence-electron chi connectivity index (χ4n) is 2.01. The molecule has 2 aromatic rings. The number of carbonyl (C=O) groups excluding carboxylic acids is 1. The maximum Gasteiger partial charge on any atom is 0.257 e. The number of carbonyl (C=O) groups is 1. The summed E-state index contributed by atoms with van der Waals surface area (Å²) >= 11 is 6.05. The van der Waals surface area contributed by atoms with Crippen LogP contribution in [0.5, 0.6) is 11.5 Å². The minimum Gasteiger partial charge on any atom is -0.454 e. The number of aromatic nitrogens is 2. The lowest BCUT2D eigenvalue weighted by molar-refractivity contribution is 0.102. The monoisotopic (exact) mass is 293 g/mol. The van der Waals surface area contributed by atoms with Crippen molar-refractivity contribution in [1.29, 1.82) is 0 Å². The van der Waals surface area contributed by atoms with E-state index in [-0.39, 0.29) is 12.7 Å². The van der Waals surface area contributed by atoms with E-state index in [2.05, 4.69) is 10.4 Å². The molecule has 7 heteroatoms. The van der Waals surface area contributed by atoms with Gasteiger partial charge in [0.15, 0.2) is 11.5 Å². The molecule has 1 aromatic heterocycles. The maximum absolute atomic E-state index is 12.2. The van der Waals surface area contributed by atoms with E-state index in [1.54, 1.807) is 29.9 Å². The number of rotatable bonds is 2. The summed E-state index contributed by atoms with van der Waals surface area (Å²) in [6, 6.07) is 4.94. The largest absolute Gasteiger partial charge is 0.454 e. The van der Waals surface area contributed by atoms with Crippen LogP contribution in [0, 0.1) is 6.92 Å². The van der Waals surface area contributed by atoms with Gasteiger partial charge in [0.2, 0.25) is 6.79 Å². The van der Waals surface area contributed by atoms with Gasteiger partial charge in [0, 0.05) is 18.7 Å². The van der Waals surface area contributed by atoms with Crippen LogP contribution in [0.4, 0.5) is 5.82 Å². The van der Waals surface area contributed by atoms with Crippen molar-refractivity contribution in [2.75, 3.05) is 12.1 Å². The minimum atomic E-state index is -0.284. The Morgan fingerprint density at radius 1 is 1.40 bits per heavy atom. The Morgan fingerprint density at radius 2 is 2.20 bits per heavy atom. The standard InChI is InChI=1S/C13H12ClN3O3/c1-7-3-11(17(2)16-7)15-13(18)8-4-9(14)12-10(5-8)19-6-20-12/h3-5H,6H2,1-2H3,(H,15,18). The molecule has 0 saturated heterocycles. The van der Waals surface area contributed by atoms with Crippen LogP contribution in [0.1, 0.15) is 16.1 Å². The van der Waals surface area contributed by atoms with Gasteiger partial charge in [0.05, 0.1) is 10.7 Å². The zero-order valence-corrected chi connectivity index (χ0v) is 11.7. The normalized spacial score (nSPS) is 12.6. The van der Waals surface area contributed by atoms with Crippen LogP contribution in [-0.4, -0.2) is 22.5 Å². The first-order valence-corrected chi connectivity index (χ1v) is 6.33. The van der Waals surface area contributed by atoms with Gasteiger partial charge in [-0.25, -0.2) is 0 Å². The highest BCUT2D eigenvalue weighted by Gasteiger charge is 2.21. The summed E-state index contributed by atoms with van der Waals surface area (Å²) in [6.45, 7) is 1.97. The average Bonchev–Trinajstić information content (AvgIpc) is 2.96. The Hall–Kier alpha value is -2.21. The first kappa shape index (κ1) is 12.8. The van der Waals surface area contributed by atoms with Crippen molar-refractivity contribution in [2.24, 2.45) is 7.05 Å². The summed E-state index contributed by atoms with van der Waals surface area (Å²) in [5.41, 5.74) is 1.23. The van der Waals surface area contributed by atoms with Crippen LogP contribution in [-0.2, 0) is 7.05 Å². The zero-order chi connectivity index (χ0) is 14.3. The number of nitrogens with one attached hydrogen (secondary N) is 1. The Bertz CT molecular complexity index is 696. The van der Waals surface area contributed by atoms with Gasteiger partial charge in [0.25, 0.3) is 5.91 Å². The van der Waals surface area contributed by atoms with Gasteiger partial charge in [0.1, 0.15) is 5.82 Å². The van der Waals surface area contributed by atoms with E-state index < -0.39 is 0 Å². The molecule has 1 aliphatic rings. The molecule has 0 aliphatic carbocycles. The molecule has 0 fully saturated rings. The van der Waals surface area contributed by atoms with Gasteiger partial charge >= 0.3 is 0 Å². The number of ether oxygens (including phenoxy) is 2. The van der Waals surface area contributed by atoms with Crippen molar-refractivity contribution in [2.45, 2.75) is 6.92 Å². The van der Waals surface area contributed by atoms with E-state index >= 15 is 0 Å². The average molecular weight is 294 g/mol. The zero-order valence-electron chi connectivity index (χ0n) is 10.9. The Morgan fingerprint density at radius 3 is 2.90 bits per heavy atom. The topological polar surface area (TPSA) is 65.4 Å². The summed E-state index contributed by atoms with van der Waals surface area (Å²) < 4.78 is 12.0. The number of anilines is 1. The number of hydrogen-bond acceptors (Lipinski definition) is 4. The summed E-state index contributed by atoms with van der Waals surface area (Å²) in [7, 11) is 1.76. The Labute approximate surface area is 120 Å². The highest BCUT2D eigenvalue weighted by Crippen LogP contribution is 2.39. The molecule has 104 valence electrons. The quantitative estimate of drug-likeness (QED) is 0.923. The van der Waals surface area contributed by atoms with Gasteiger partial charge in [-0.3, -0.25) is 9.48 Å². The second kappa shape index (κ2) is 4.72. The van der Waals surface area contributed by atoms with E-state index in [0.717, 1.165) is 5.69 Å². The van der Waals surface area contributed by atoms with Crippen LogP contribution in [0.25, 0.3) is 0 Å². The molecule has 2 heterocycles. The SMILES string of the molecule is Cc1cc(NC(=O)c2cc(Cl)c3c(c2)OCO3)n(C)n1. The van der Waals surface area contributed by atoms with Crippen molar-refractivity contribution in [1.82, 2.24) is 9.78 Å². The first-order valence-electron chi connectivity index (χ1n) is 5.96. The number of nitrogens with zero attached hydrogens (tertiary/aromatic N) is 2. The van der Waals surface area contributed by atoms with E-state index in [9.17, 15) is 4.79 Å².